The van der Waals surface area contributed by atoms with Crippen LogP contribution in [0.3, 0.4) is 0 Å². The highest BCUT2D eigenvalue weighted by molar-refractivity contribution is 5.79. The molecular weight excluding hydrogens is 256 g/mol. The molecule has 0 spiro atoms. The van der Waals surface area contributed by atoms with Crippen molar-refractivity contribution in [1.29, 1.82) is 0 Å². The third-order valence-electron chi connectivity index (χ3n) is 4.01. The summed E-state index contributed by atoms with van der Waals surface area (Å²) in [5.74, 6) is 0. The van der Waals surface area contributed by atoms with Crippen molar-refractivity contribution in [3.8, 4) is 0 Å². The number of nitrogens with zero attached hydrogens (tertiary/aromatic N) is 1. The summed E-state index contributed by atoms with van der Waals surface area (Å²) in [5, 5.41) is 4.86. The minimum atomic E-state index is 0.957. The average Bonchev–Trinajstić information content (AvgIpc) is 2.92. The summed E-state index contributed by atoms with van der Waals surface area (Å²) in [6.07, 6.45) is 3.33. The van der Waals surface area contributed by atoms with Gasteiger partial charge in [-0.1, -0.05) is 42.5 Å². The number of hydrogen-bond acceptors (Lipinski definition) is 1. The van der Waals surface area contributed by atoms with Gasteiger partial charge in [-0.2, -0.15) is 0 Å². The van der Waals surface area contributed by atoms with Gasteiger partial charge in [0.05, 0.1) is 0 Å². The summed E-state index contributed by atoms with van der Waals surface area (Å²) in [6.45, 7) is 5.23. The smallest absolute Gasteiger partial charge is 0.0480 e. The van der Waals surface area contributed by atoms with E-state index in [2.05, 4.69) is 77.6 Å². The predicted octanol–water partition coefficient (Wildman–Crippen LogP) is 4.13. The number of nitrogens with one attached hydrogen (secondary N) is 1. The van der Waals surface area contributed by atoms with E-state index < -0.39 is 0 Å². The molecule has 0 atom stereocenters. The van der Waals surface area contributed by atoms with Crippen LogP contribution in [-0.2, 0) is 13.1 Å². The van der Waals surface area contributed by atoms with Gasteiger partial charge in [-0.25, -0.2) is 0 Å². The van der Waals surface area contributed by atoms with Crippen LogP contribution in [-0.4, -0.2) is 11.1 Å². The zero-order chi connectivity index (χ0) is 14.5. The minimum absolute atomic E-state index is 0.957. The van der Waals surface area contributed by atoms with Gasteiger partial charge in [0.1, 0.15) is 0 Å². The highest BCUT2D eigenvalue weighted by atomic mass is 15.0. The molecule has 0 aliphatic carbocycles. The first-order valence-corrected chi connectivity index (χ1v) is 7.64. The van der Waals surface area contributed by atoms with Gasteiger partial charge in [0, 0.05) is 24.8 Å². The van der Waals surface area contributed by atoms with Crippen molar-refractivity contribution in [2.24, 2.45) is 0 Å². The Labute approximate surface area is 126 Å². The number of aromatic nitrogens is 1. The first-order valence-electron chi connectivity index (χ1n) is 7.64. The van der Waals surface area contributed by atoms with Crippen LogP contribution in [0.5, 0.6) is 0 Å². The fourth-order valence-corrected chi connectivity index (χ4v) is 2.74. The van der Waals surface area contributed by atoms with E-state index in [1.165, 1.54) is 22.0 Å². The van der Waals surface area contributed by atoms with Crippen LogP contribution >= 0.6 is 0 Å². The maximum atomic E-state index is 3.54. The minimum Gasteiger partial charge on any atom is -0.347 e. The van der Waals surface area contributed by atoms with Gasteiger partial charge in [0.2, 0.25) is 0 Å². The lowest BCUT2D eigenvalue weighted by molar-refractivity contribution is 0.590. The molecule has 108 valence electrons. The molecule has 3 aromatic rings. The Morgan fingerprint density at radius 3 is 2.67 bits per heavy atom. The predicted molar refractivity (Wildman–Crippen MR) is 89.4 cm³/mol. The molecule has 0 unspecified atom stereocenters. The first-order chi connectivity index (χ1) is 10.3. The van der Waals surface area contributed by atoms with Gasteiger partial charge in [0.15, 0.2) is 0 Å². The summed E-state index contributed by atoms with van der Waals surface area (Å²) < 4.78 is 2.34. The highest BCUT2D eigenvalue weighted by Crippen LogP contribution is 2.15. The Hall–Kier alpha value is -2.06. The molecule has 3 rings (SSSR count). The molecule has 0 fully saturated rings. The monoisotopic (exact) mass is 278 g/mol. The van der Waals surface area contributed by atoms with Gasteiger partial charge in [-0.15, -0.1) is 0 Å². The molecule has 0 saturated heterocycles. The van der Waals surface area contributed by atoms with E-state index in [9.17, 15) is 0 Å². The van der Waals surface area contributed by atoms with Gasteiger partial charge in [-0.05, 0) is 48.5 Å². The van der Waals surface area contributed by atoms with Crippen LogP contribution in [0.4, 0.5) is 0 Å². The molecule has 2 aromatic carbocycles. The second kappa shape index (κ2) is 6.59. The Morgan fingerprint density at radius 1 is 0.952 bits per heavy atom. The second-order valence-corrected chi connectivity index (χ2v) is 5.52. The topological polar surface area (TPSA) is 17.0 Å². The molecule has 0 bridgehead atoms. The maximum Gasteiger partial charge on any atom is 0.0480 e. The lowest BCUT2D eigenvalue weighted by Gasteiger charge is -2.09. The van der Waals surface area contributed by atoms with Crippen LogP contribution in [0.25, 0.3) is 10.9 Å². The van der Waals surface area contributed by atoms with E-state index in [0.717, 1.165) is 26.1 Å². The molecule has 0 amide bonds. The molecule has 0 aliphatic heterocycles. The fourth-order valence-electron chi connectivity index (χ4n) is 2.74. The van der Waals surface area contributed by atoms with E-state index in [1.807, 2.05) is 0 Å². The molecule has 21 heavy (non-hydrogen) atoms. The van der Waals surface area contributed by atoms with E-state index in [-0.39, 0.29) is 0 Å². The number of hydrogen-bond donors (Lipinski definition) is 1. The highest BCUT2D eigenvalue weighted by Gasteiger charge is 2.00. The van der Waals surface area contributed by atoms with Gasteiger partial charge < -0.3 is 9.88 Å². The number of rotatable bonds is 6. The third-order valence-corrected chi connectivity index (χ3v) is 4.01. The summed E-state index contributed by atoms with van der Waals surface area (Å²) >= 11 is 0. The number of benzene rings is 2. The summed E-state index contributed by atoms with van der Waals surface area (Å²) in [6, 6.07) is 19.3. The lowest BCUT2D eigenvalue weighted by atomic mass is 10.1. The molecule has 1 heterocycles. The van der Waals surface area contributed by atoms with Gasteiger partial charge in [0.25, 0.3) is 0 Å². The van der Waals surface area contributed by atoms with Crippen molar-refractivity contribution in [1.82, 2.24) is 9.88 Å². The SMILES string of the molecule is Cc1ccccc1CNCCCn1ccc2ccccc21. The number of para-hydroxylation sites is 1. The molecule has 1 aromatic heterocycles. The third kappa shape index (κ3) is 3.34. The average molecular weight is 278 g/mol. The van der Waals surface area contributed by atoms with Crippen molar-refractivity contribution in [2.45, 2.75) is 26.4 Å². The molecule has 1 N–H and O–H groups in total. The Morgan fingerprint density at radius 2 is 1.76 bits per heavy atom. The standard InChI is InChI=1S/C19H22N2/c1-16-7-2-3-9-18(16)15-20-12-6-13-21-14-11-17-8-4-5-10-19(17)21/h2-5,7-11,14,20H,6,12-13,15H2,1H3. The van der Waals surface area contributed by atoms with Crippen LogP contribution in [0.15, 0.2) is 60.8 Å². The molecule has 2 nitrogen and oxygen atoms in total. The lowest BCUT2D eigenvalue weighted by Crippen LogP contribution is -2.16. The number of fused-ring (bicyclic) bond motifs is 1. The fraction of sp³-hybridized carbons (Fsp3) is 0.263. The van der Waals surface area contributed by atoms with Crippen LogP contribution < -0.4 is 5.32 Å². The Balaban J connectivity index is 1.47. The van der Waals surface area contributed by atoms with Crippen molar-refractivity contribution in [3.63, 3.8) is 0 Å². The van der Waals surface area contributed by atoms with Crippen molar-refractivity contribution >= 4 is 10.9 Å². The quantitative estimate of drug-likeness (QED) is 0.671. The number of aryl methyl sites for hydroxylation is 2. The van der Waals surface area contributed by atoms with Crippen molar-refractivity contribution < 1.29 is 0 Å². The molecule has 0 aliphatic rings. The zero-order valence-corrected chi connectivity index (χ0v) is 12.5. The van der Waals surface area contributed by atoms with Crippen molar-refractivity contribution in [3.05, 3.63) is 71.9 Å². The van der Waals surface area contributed by atoms with Crippen molar-refractivity contribution in [2.75, 3.05) is 6.54 Å². The first kappa shape index (κ1) is 13.9. The normalized spacial score (nSPS) is 11.1. The van der Waals surface area contributed by atoms with Crippen LogP contribution in [0.2, 0.25) is 0 Å². The van der Waals surface area contributed by atoms with Gasteiger partial charge in [-0.3, -0.25) is 0 Å². The maximum absolute atomic E-state index is 3.54. The van der Waals surface area contributed by atoms with Crippen LogP contribution in [0, 0.1) is 6.92 Å². The largest absolute Gasteiger partial charge is 0.347 e. The van der Waals surface area contributed by atoms with E-state index in [4.69, 9.17) is 0 Å². The Kier molecular flexibility index (Phi) is 4.37. The Bertz CT molecular complexity index is 712. The molecule has 0 saturated carbocycles. The van der Waals surface area contributed by atoms with Gasteiger partial charge >= 0.3 is 0 Å². The van der Waals surface area contributed by atoms with E-state index in [1.54, 1.807) is 0 Å². The molecular formula is C19H22N2. The van der Waals surface area contributed by atoms with E-state index >= 15 is 0 Å². The second-order valence-electron chi connectivity index (χ2n) is 5.52. The van der Waals surface area contributed by atoms with Crippen LogP contribution in [0.1, 0.15) is 17.5 Å². The molecule has 0 radical (unpaired) electrons. The zero-order valence-electron chi connectivity index (χ0n) is 12.5. The molecule has 2 heteroatoms. The summed E-state index contributed by atoms with van der Waals surface area (Å²) in [7, 11) is 0. The van der Waals surface area contributed by atoms with E-state index in [0.29, 0.717) is 0 Å². The summed E-state index contributed by atoms with van der Waals surface area (Å²) in [4.78, 5) is 0. The summed E-state index contributed by atoms with van der Waals surface area (Å²) in [5.41, 5.74) is 4.08.